The molecule has 0 saturated heterocycles. The number of aromatic carboxylic acids is 1. The zero-order valence-corrected chi connectivity index (χ0v) is 10.3. The van der Waals surface area contributed by atoms with Gasteiger partial charge in [-0.1, -0.05) is 24.3 Å². The van der Waals surface area contributed by atoms with E-state index in [0.717, 1.165) is 5.56 Å². The summed E-state index contributed by atoms with van der Waals surface area (Å²) in [5.41, 5.74) is 1.83. The molecular weight excluding hydrogens is 244 g/mol. The Morgan fingerprint density at radius 2 is 1.68 bits per heavy atom. The molecule has 0 radical (unpaired) electrons. The Labute approximate surface area is 109 Å². The number of rotatable bonds is 3. The van der Waals surface area contributed by atoms with E-state index in [1.165, 1.54) is 19.1 Å². The van der Waals surface area contributed by atoms with Crippen LogP contribution in [0.1, 0.15) is 27.6 Å². The minimum atomic E-state index is -1.18. The molecule has 0 unspecified atom stereocenters. The van der Waals surface area contributed by atoms with Gasteiger partial charge in [0.15, 0.2) is 5.78 Å². The van der Waals surface area contributed by atoms with Gasteiger partial charge < -0.3 is 10.2 Å². The maximum Gasteiger partial charge on any atom is 0.339 e. The highest BCUT2D eigenvalue weighted by molar-refractivity contribution is 5.95. The average Bonchev–Trinajstić information content (AvgIpc) is 2.38. The molecule has 0 atom stereocenters. The Morgan fingerprint density at radius 3 is 2.26 bits per heavy atom. The van der Waals surface area contributed by atoms with Crippen molar-refractivity contribution in [2.24, 2.45) is 0 Å². The number of carboxylic acids is 1. The SMILES string of the molecule is CC(=O)c1cccc(-c2ccc(C(=O)O)c(O)c2)c1. The molecule has 0 bridgehead atoms. The fourth-order valence-electron chi connectivity index (χ4n) is 1.81. The number of carboxylic acid groups (broad SMARTS) is 1. The molecule has 0 aliphatic carbocycles. The third-order valence-corrected chi connectivity index (χ3v) is 2.83. The second kappa shape index (κ2) is 4.94. The zero-order chi connectivity index (χ0) is 14.0. The zero-order valence-electron chi connectivity index (χ0n) is 10.3. The lowest BCUT2D eigenvalue weighted by atomic mass is 10.00. The van der Waals surface area contributed by atoms with Crippen LogP contribution < -0.4 is 0 Å². The van der Waals surface area contributed by atoms with Crippen molar-refractivity contribution in [3.63, 3.8) is 0 Å². The van der Waals surface area contributed by atoms with Crippen LogP contribution in [0.5, 0.6) is 5.75 Å². The highest BCUT2D eigenvalue weighted by Crippen LogP contribution is 2.27. The molecule has 2 aromatic rings. The van der Waals surface area contributed by atoms with Gasteiger partial charge in [-0.05, 0) is 36.2 Å². The molecule has 2 rings (SSSR count). The van der Waals surface area contributed by atoms with Crippen molar-refractivity contribution in [1.29, 1.82) is 0 Å². The molecule has 19 heavy (non-hydrogen) atoms. The summed E-state index contributed by atoms with van der Waals surface area (Å²) in [6, 6.07) is 11.3. The Bertz CT molecular complexity index is 659. The van der Waals surface area contributed by atoms with E-state index in [4.69, 9.17) is 5.11 Å². The summed E-state index contributed by atoms with van der Waals surface area (Å²) in [7, 11) is 0. The third kappa shape index (κ3) is 2.63. The first kappa shape index (κ1) is 12.8. The third-order valence-electron chi connectivity index (χ3n) is 2.83. The van der Waals surface area contributed by atoms with Gasteiger partial charge in [0.05, 0.1) is 0 Å². The van der Waals surface area contributed by atoms with Gasteiger partial charge in [-0.15, -0.1) is 0 Å². The second-order valence-electron chi connectivity index (χ2n) is 4.17. The van der Waals surface area contributed by atoms with Crippen molar-refractivity contribution in [2.75, 3.05) is 0 Å². The van der Waals surface area contributed by atoms with Crippen LogP contribution >= 0.6 is 0 Å². The van der Waals surface area contributed by atoms with E-state index in [9.17, 15) is 14.7 Å². The molecule has 96 valence electrons. The smallest absolute Gasteiger partial charge is 0.339 e. The summed E-state index contributed by atoms with van der Waals surface area (Å²) < 4.78 is 0. The number of Topliss-reactive ketones (excluding diaryl/α,β-unsaturated/α-hetero) is 1. The van der Waals surface area contributed by atoms with Crippen LogP contribution in [-0.4, -0.2) is 22.0 Å². The monoisotopic (exact) mass is 256 g/mol. The molecule has 0 amide bonds. The van der Waals surface area contributed by atoms with Crippen molar-refractivity contribution < 1.29 is 19.8 Å². The Balaban J connectivity index is 2.48. The highest BCUT2D eigenvalue weighted by atomic mass is 16.4. The van der Waals surface area contributed by atoms with Crippen LogP contribution in [0.2, 0.25) is 0 Å². The van der Waals surface area contributed by atoms with Crippen LogP contribution in [0.4, 0.5) is 0 Å². The number of benzene rings is 2. The van der Waals surface area contributed by atoms with Gasteiger partial charge in [0, 0.05) is 5.56 Å². The molecule has 4 nitrogen and oxygen atoms in total. The molecular formula is C15H12O4. The van der Waals surface area contributed by atoms with Crippen LogP contribution in [0.3, 0.4) is 0 Å². The predicted molar refractivity (Wildman–Crippen MR) is 70.5 cm³/mol. The molecule has 0 aromatic heterocycles. The number of hydrogen-bond acceptors (Lipinski definition) is 3. The van der Waals surface area contributed by atoms with E-state index in [2.05, 4.69) is 0 Å². The Kier molecular flexibility index (Phi) is 3.33. The fraction of sp³-hybridized carbons (Fsp3) is 0.0667. The summed E-state index contributed by atoms with van der Waals surface area (Å²) in [6.07, 6.45) is 0. The van der Waals surface area contributed by atoms with Crippen LogP contribution in [-0.2, 0) is 0 Å². The largest absolute Gasteiger partial charge is 0.507 e. The first-order valence-electron chi connectivity index (χ1n) is 5.66. The Morgan fingerprint density at radius 1 is 1.00 bits per heavy atom. The molecule has 0 spiro atoms. The average molecular weight is 256 g/mol. The predicted octanol–water partition coefficient (Wildman–Crippen LogP) is 2.96. The number of carbonyl (C=O) groups is 2. The van der Waals surface area contributed by atoms with Gasteiger partial charge >= 0.3 is 5.97 Å². The van der Waals surface area contributed by atoms with Crippen molar-refractivity contribution in [2.45, 2.75) is 6.92 Å². The molecule has 0 aliphatic heterocycles. The summed E-state index contributed by atoms with van der Waals surface area (Å²) in [5.74, 6) is -1.52. The summed E-state index contributed by atoms with van der Waals surface area (Å²) >= 11 is 0. The molecule has 0 fully saturated rings. The first-order valence-corrected chi connectivity index (χ1v) is 5.66. The molecule has 0 saturated carbocycles. The van der Waals surface area contributed by atoms with Crippen molar-refractivity contribution in [3.05, 3.63) is 53.6 Å². The fourth-order valence-corrected chi connectivity index (χ4v) is 1.81. The van der Waals surface area contributed by atoms with Gasteiger partial charge in [-0.2, -0.15) is 0 Å². The summed E-state index contributed by atoms with van der Waals surface area (Å²) in [5, 5.41) is 18.5. The second-order valence-corrected chi connectivity index (χ2v) is 4.17. The van der Waals surface area contributed by atoms with Crippen LogP contribution in [0, 0.1) is 0 Å². The maximum atomic E-state index is 11.3. The first-order chi connectivity index (χ1) is 8.99. The van der Waals surface area contributed by atoms with Crippen molar-refractivity contribution in [1.82, 2.24) is 0 Å². The maximum absolute atomic E-state index is 11.3. The molecule has 4 heteroatoms. The van der Waals surface area contributed by atoms with E-state index in [-0.39, 0.29) is 17.1 Å². The van der Waals surface area contributed by atoms with Crippen LogP contribution in [0.15, 0.2) is 42.5 Å². The van der Waals surface area contributed by atoms with Gasteiger partial charge in [0.1, 0.15) is 11.3 Å². The van der Waals surface area contributed by atoms with Gasteiger partial charge in [-0.25, -0.2) is 4.79 Å². The van der Waals surface area contributed by atoms with E-state index in [0.29, 0.717) is 11.1 Å². The quantitative estimate of drug-likeness (QED) is 0.828. The van der Waals surface area contributed by atoms with E-state index in [1.54, 1.807) is 30.3 Å². The van der Waals surface area contributed by atoms with Gasteiger partial charge in [0.25, 0.3) is 0 Å². The van der Waals surface area contributed by atoms with E-state index < -0.39 is 5.97 Å². The van der Waals surface area contributed by atoms with Crippen molar-refractivity contribution in [3.8, 4) is 16.9 Å². The summed E-state index contributed by atoms with van der Waals surface area (Å²) in [6.45, 7) is 1.48. The lowest BCUT2D eigenvalue weighted by molar-refractivity contribution is 0.0693. The van der Waals surface area contributed by atoms with Crippen molar-refractivity contribution >= 4 is 11.8 Å². The molecule has 0 aliphatic rings. The molecule has 2 N–H and O–H groups in total. The van der Waals surface area contributed by atoms with E-state index >= 15 is 0 Å². The number of ketones is 1. The molecule has 2 aromatic carbocycles. The normalized spacial score (nSPS) is 10.2. The number of hydrogen-bond donors (Lipinski definition) is 2. The van der Waals surface area contributed by atoms with E-state index in [1.807, 2.05) is 0 Å². The number of phenols is 1. The minimum Gasteiger partial charge on any atom is -0.507 e. The van der Waals surface area contributed by atoms with Crippen LogP contribution in [0.25, 0.3) is 11.1 Å². The standard InChI is InChI=1S/C15H12O4/c1-9(16)10-3-2-4-11(7-10)12-5-6-13(15(18)19)14(17)8-12/h2-8,17H,1H3,(H,18,19). The Hall–Kier alpha value is -2.62. The number of aromatic hydroxyl groups is 1. The topological polar surface area (TPSA) is 74.6 Å². The number of carbonyl (C=O) groups excluding carboxylic acids is 1. The highest BCUT2D eigenvalue weighted by Gasteiger charge is 2.11. The lowest BCUT2D eigenvalue weighted by Gasteiger charge is -2.06. The lowest BCUT2D eigenvalue weighted by Crippen LogP contribution is -1.97. The summed E-state index contributed by atoms with van der Waals surface area (Å²) in [4.78, 5) is 22.1. The molecule has 0 heterocycles. The van der Waals surface area contributed by atoms with Gasteiger partial charge in [0.2, 0.25) is 0 Å². The minimum absolute atomic E-state index is 0.0479. The van der Waals surface area contributed by atoms with Gasteiger partial charge in [-0.3, -0.25) is 4.79 Å².